The number of benzene rings is 2. The van der Waals surface area contributed by atoms with Crippen LogP contribution in [0.4, 0.5) is 5.69 Å². The normalized spacial score (nSPS) is 11.7. The lowest BCUT2D eigenvalue weighted by atomic mass is 10.2. The number of anilines is 1. The minimum absolute atomic E-state index is 0.122. The summed E-state index contributed by atoms with van der Waals surface area (Å²) in [7, 11) is 1.82. The molecule has 0 unspecified atom stereocenters. The maximum Gasteiger partial charge on any atom is 0.253 e. The molecular weight excluding hydrogens is 498 g/mol. The van der Waals surface area contributed by atoms with Crippen LogP contribution in [0, 0.1) is 0 Å². The van der Waals surface area contributed by atoms with E-state index in [1.165, 1.54) is 11.8 Å². The SMILES string of the molecule is CSc1cccc(NC(=O)CSc2nnc([C@@H](C)NC(=O)c3ccccc3Br)n2C)c1. The van der Waals surface area contributed by atoms with Gasteiger partial charge in [0, 0.05) is 22.1 Å². The van der Waals surface area contributed by atoms with Crippen molar-refractivity contribution in [2.24, 2.45) is 7.05 Å². The number of hydrogen-bond acceptors (Lipinski definition) is 6. The van der Waals surface area contributed by atoms with E-state index < -0.39 is 0 Å². The Bertz CT molecular complexity index is 1090. The zero-order valence-corrected chi connectivity index (χ0v) is 20.5. The van der Waals surface area contributed by atoms with Gasteiger partial charge in [-0.15, -0.1) is 22.0 Å². The highest BCUT2D eigenvalue weighted by molar-refractivity contribution is 9.10. The van der Waals surface area contributed by atoms with Gasteiger partial charge < -0.3 is 15.2 Å². The number of halogens is 1. The van der Waals surface area contributed by atoms with Gasteiger partial charge in [0.15, 0.2) is 11.0 Å². The highest BCUT2D eigenvalue weighted by atomic mass is 79.9. The zero-order valence-electron chi connectivity index (χ0n) is 17.3. The summed E-state index contributed by atoms with van der Waals surface area (Å²) in [5.74, 6) is 0.482. The quantitative estimate of drug-likeness (QED) is 0.425. The van der Waals surface area contributed by atoms with E-state index in [2.05, 4.69) is 36.8 Å². The first-order valence-electron chi connectivity index (χ1n) is 9.40. The molecule has 2 N–H and O–H groups in total. The van der Waals surface area contributed by atoms with Crippen LogP contribution in [0.5, 0.6) is 0 Å². The second-order valence-electron chi connectivity index (χ2n) is 6.64. The van der Waals surface area contributed by atoms with Crippen molar-refractivity contribution in [2.75, 3.05) is 17.3 Å². The molecule has 3 aromatic rings. The van der Waals surface area contributed by atoms with Crippen molar-refractivity contribution in [1.29, 1.82) is 0 Å². The largest absolute Gasteiger partial charge is 0.342 e. The number of amides is 2. The molecule has 0 spiro atoms. The molecule has 0 radical (unpaired) electrons. The van der Waals surface area contributed by atoms with Gasteiger partial charge in [-0.1, -0.05) is 30.0 Å². The summed E-state index contributed by atoms with van der Waals surface area (Å²) in [6.07, 6.45) is 1.99. The van der Waals surface area contributed by atoms with Crippen LogP contribution in [0.1, 0.15) is 29.1 Å². The number of aromatic nitrogens is 3. The Balaban J connectivity index is 1.58. The molecule has 0 fully saturated rings. The first kappa shape index (κ1) is 23.4. The summed E-state index contributed by atoms with van der Waals surface area (Å²) in [6, 6.07) is 14.6. The van der Waals surface area contributed by atoms with Gasteiger partial charge in [0.1, 0.15) is 0 Å². The fraction of sp³-hybridized carbons (Fsp3) is 0.238. The van der Waals surface area contributed by atoms with Crippen molar-refractivity contribution in [3.05, 3.63) is 64.4 Å². The van der Waals surface area contributed by atoms with Crippen LogP contribution in [0.3, 0.4) is 0 Å². The molecule has 0 aliphatic rings. The Morgan fingerprint density at radius 3 is 2.68 bits per heavy atom. The number of carbonyl (C=O) groups is 2. The topological polar surface area (TPSA) is 88.9 Å². The molecule has 0 aliphatic heterocycles. The van der Waals surface area contributed by atoms with E-state index in [9.17, 15) is 9.59 Å². The van der Waals surface area contributed by atoms with Crippen LogP contribution in [0.25, 0.3) is 0 Å². The first-order valence-corrected chi connectivity index (χ1v) is 12.4. The van der Waals surface area contributed by atoms with Crippen LogP contribution in [0.2, 0.25) is 0 Å². The van der Waals surface area contributed by atoms with Crippen LogP contribution in [-0.2, 0) is 11.8 Å². The van der Waals surface area contributed by atoms with Gasteiger partial charge in [0.05, 0.1) is 17.4 Å². The molecule has 31 heavy (non-hydrogen) atoms. The number of nitrogens with one attached hydrogen (secondary N) is 2. The summed E-state index contributed by atoms with van der Waals surface area (Å²) in [4.78, 5) is 25.9. The summed E-state index contributed by atoms with van der Waals surface area (Å²) < 4.78 is 2.51. The molecule has 3 rings (SSSR count). The Morgan fingerprint density at radius 2 is 1.94 bits per heavy atom. The fourth-order valence-corrected chi connectivity index (χ4v) is 4.48. The number of hydrogen-bond donors (Lipinski definition) is 2. The minimum atomic E-state index is -0.352. The van der Waals surface area contributed by atoms with Crippen molar-refractivity contribution < 1.29 is 9.59 Å². The molecule has 1 atom stereocenters. The summed E-state index contributed by atoms with van der Waals surface area (Å²) in [6.45, 7) is 1.85. The lowest BCUT2D eigenvalue weighted by Gasteiger charge is -2.14. The molecule has 1 aromatic heterocycles. The Hall–Kier alpha value is -2.30. The molecule has 162 valence electrons. The summed E-state index contributed by atoms with van der Waals surface area (Å²) in [5.41, 5.74) is 1.31. The lowest BCUT2D eigenvalue weighted by molar-refractivity contribution is -0.113. The van der Waals surface area contributed by atoms with E-state index in [1.807, 2.05) is 62.7 Å². The smallest absolute Gasteiger partial charge is 0.253 e. The maximum absolute atomic E-state index is 12.5. The van der Waals surface area contributed by atoms with Gasteiger partial charge in [-0.25, -0.2) is 0 Å². The third kappa shape index (κ3) is 6.11. The van der Waals surface area contributed by atoms with E-state index in [1.54, 1.807) is 22.4 Å². The molecule has 10 heteroatoms. The third-order valence-electron chi connectivity index (χ3n) is 4.41. The van der Waals surface area contributed by atoms with Crippen molar-refractivity contribution in [3.63, 3.8) is 0 Å². The van der Waals surface area contributed by atoms with Crippen molar-refractivity contribution >= 4 is 57.0 Å². The van der Waals surface area contributed by atoms with Crippen molar-refractivity contribution in [1.82, 2.24) is 20.1 Å². The second kappa shape index (κ2) is 10.8. The van der Waals surface area contributed by atoms with Gasteiger partial charge in [-0.2, -0.15) is 0 Å². The summed E-state index contributed by atoms with van der Waals surface area (Å²) >= 11 is 6.30. The van der Waals surface area contributed by atoms with Crippen molar-refractivity contribution in [3.8, 4) is 0 Å². The van der Waals surface area contributed by atoms with E-state index in [0.717, 1.165) is 15.1 Å². The average Bonchev–Trinajstić information content (AvgIpc) is 3.13. The Labute approximate surface area is 197 Å². The lowest BCUT2D eigenvalue weighted by Crippen LogP contribution is -2.28. The van der Waals surface area contributed by atoms with Gasteiger partial charge in [-0.05, 0) is 59.4 Å². The summed E-state index contributed by atoms with van der Waals surface area (Å²) in [5, 5.41) is 14.8. The standard InChI is InChI=1S/C21H22BrN5O2S2/c1-13(23-20(29)16-9-4-5-10-17(16)22)19-25-26-21(27(19)2)31-12-18(28)24-14-7-6-8-15(11-14)30-3/h4-11,13H,12H2,1-3H3,(H,23,29)(H,24,28)/t13-/m1/s1. The fourth-order valence-electron chi connectivity index (χ4n) is 2.84. The molecule has 2 amide bonds. The number of rotatable bonds is 8. The van der Waals surface area contributed by atoms with E-state index in [0.29, 0.717) is 16.5 Å². The Morgan fingerprint density at radius 1 is 1.16 bits per heavy atom. The second-order valence-corrected chi connectivity index (χ2v) is 9.32. The molecular formula is C21H22BrN5O2S2. The highest BCUT2D eigenvalue weighted by Gasteiger charge is 2.20. The van der Waals surface area contributed by atoms with E-state index in [-0.39, 0.29) is 23.6 Å². The highest BCUT2D eigenvalue weighted by Crippen LogP contribution is 2.22. The molecule has 0 saturated carbocycles. The molecule has 0 aliphatic carbocycles. The minimum Gasteiger partial charge on any atom is -0.342 e. The zero-order chi connectivity index (χ0) is 22.4. The maximum atomic E-state index is 12.5. The van der Waals surface area contributed by atoms with Gasteiger partial charge in [-0.3, -0.25) is 9.59 Å². The van der Waals surface area contributed by atoms with Gasteiger partial charge in [0.25, 0.3) is 5.91 Å². The van der Waals surface area contributed by atoms with Crippen LogP contribution in [0.15, 0.2) is 63.1 Å². The molecule has 7 nitrogen and oxygen atoms in total. The van der Waals surface area contributed by atoms with Crippen molar-refractivity contribution in [2.45, 2.75) is 23.0 Å². The third-order valence-corrected chi connectivity index (χ3v) is 6.84. The first-order chi connectivity index (χ1) is 14.9. The van der Waals surface area contributed by atoms with E-state index >= 15 is 0 Å². The number of nitrogens with zero attached hydrogens (tertiary/aromatic N) is 3. The van der Waals surface area contributed by atoms with Gasteiger partial charge in [0.2, 0.25) is 5.91 Å². The van der Waals surface area contributed by atoms with Gasteiger partial charge >= 0.3 is 0 Å². The Kier molecular flexibility index (Phi) is 8.16. The predicted octanol–water partition coefficient (Wildman–Crippen LogP) is 4.52. The monoisotopic (exact) mass is 519 g/mol. The number of thioether (sulfide) groups is 2. The number of carbonyl (C=O) groups excluding carboxylic acids is 2. The predicted molar refractivity (Wildman–Crippen MR) is 129 cm³/mol. The molecule has 1 heterocycles. The van der Waals surface area contributed by atoms with Crippen LogP contribution in [-0.4, -0.2) is 38.6 Å². The average molecular weight is 520 g/mol. The molecule has 2 aromatic carbocycles. The molecule has 0 bridgehead atoms. The van der Waals surface area contributed by atoms with Crippen LogP contribution >= 0.6 is 39.5 Å². The molecule has 0 saturated heterocycles. The van der Waals surface area contributed by atoms with Crippen LogP contribution < -0.4 is 10.6 Å². The van der Waals surface area contributed by atoms with E-state index in [4.69, 9.17) is 0 Å².